The van der Waals surface area contributed by atoms with E-state index in [9.17, 15) is 4.79 Å². The molecule has 0 amide bonds. The normalized spacial score (nSPS) is 27.5. The van der Waals surface area contributed by atoms with E-state index in [4.69, 9.17) is 9.47 Å². The molecule has 0 bridgehead atoms. The molecule has 2 saturated carbocycles. The summed E-state index contributed by atoms with van der Waals surface area (Å²) in [6.07, 6.45) is 7.36. The highest BCUT2D eigenvalue weighted by molar-refractivity contribution is 5.87. The highest BCUT2D eigenvalue weighted by Crippen LogP contribution is 2.56. The number of aryl methyl sites for hydroxylation is 1. The van der Waals surface area contributed by atoms with Crippen molar-refractivity contribution in [1.29, 1.82) is 0 Å². The quantitative estimate of drug-likeness (QED) is 0.793. The first-order valence-electron chi connectivity index (χ1n) is 7.48. The van der Waals surface area contributed by atoms with Gasteiger partial charge in [-0.3, -0.25) is 4.68 Å². The van der Waals surface area contributed by atoms with Gasteiger partial charge >= 0.3 is 5.97 Å². The van der Waals surface area contributed by atoms with Crippen LogP contribution in [0.4, 0.5) is 0 Å². The van der Waals surface area contributed by atoms with Crippen molar-refractivity contribution in [2.45, 2.75) is 51.2 Å². The van der Waals surface area contributed by atoms with E-state index in [2.05, 4.69) is 5.10 Å². The standard InChI is InChI=1S/C15H22N2O3/c1-3-19-12-10-13(15(12)7-4-5-8-15)20-14(18)11-6-9-16-17(11)2/h6,9,12-13H,3-5,7-8,10H2,1-2H3/t12-,13-/m0/s1. The number of nitrogens with zero attached hydrogens (tertiary/aromatic N) is 2. The van der Waals surface area contributed by atoms with Gasteiger partial charge in [0.05, 0.1) is 6.10 Å². The summed E-state index contributed by atoms with van der Waals surface area (Å²) in [6, 6.07) is 1.70. The van der Waals surface area contributed by atoms with Gasteiger partial charge in [0.2, 0.25) is 0 Å². The molecule has 1 spiro atoms. The van der Waals surface area contributed by atoms with Crippen LogP contribution in [0.25, 0.3) is 0 Å². The van der Waals surface area contributed by atoms with Gasteiger partial charge in [0.15, 0.2) is 0 Å². The molecule has 110 valence electrons. The molecule has 5 heteroatoms. The van der Waals surface area contributed by atoms with Crippen molar-refractivity contribution in [2.75, 3.05) is 6.61 Å². The number of rotatable bonds is 4. The lowest BCUT2D eigenvalue weighted by Gasteiger charge is -2.52. The molecule has 20 heavy (non-hydrogen) atoms. The molecule has 0 aliphatic heterocycles. The van der Waals surface area contributed by atoms with Gasteiger partial charge in [0.1, 0.15) is 11.8 Å². The van der Waals surface area contributed by atoms with E-state index in [0.29, 0.717) is 5.69 Å². The summed E-state index contributed by atoms with van der Waals surface area (Å²) >= 11 is 0. The van der Waals surface area contributed by atoms with Crippen LogP contribution >= 0.6 is 0 Å². The predicted octanol–water partition coefficient (Wildman–Crippen LogP) is 2.31. The first-order valence-corrected chi connectivity index (χ1v) is 7.48. The van der Waals surface area contributed by atoms with Gasteiger partial charge in [-0.15, -0.1) is 0 Å². The Labute approximate surface area is 119 Å². The maximum Gasteiger partial charge on any atom is 0.356 e. The third-order valence-electron chi connectivity index (χ3n) is 4.89. The minimum absolute atomic E-state index is 0.00366. The van der Waals surface area contributed by atoms with E-state index < -0.39 is 0 Å². The molecular weight excluding hydrogens is 256 g/mol. The average Bonchev–Trinajstić information content (AvgIpc) is 3.07. The fourth-order valence-corrected chi connectivity index (χ4v) is 3.75. The summed E-state index contributed by atoms with van der Waals surface area (Å²) < 4.78 is 13.1. The highest BCUT2D eigenvalue weighted by Gasteiger charge is 2.58. The minimum atomic E-state index is -0.267. The second-order valence-electron chi connectivity index (χ2n) is 5.85. The zero-order valence-corrected chi connectivity index (χ0v) is 12.2. The Morgan fingerprint density at radius 2 is 2.20 bits per heavy atom. The molecule has 0 N–H and O–H groups in total. The number of esters is 1. The first-order chi connectivity index (χ1) is 9.67. The van der Waals surface area contributed by atoms with Crippen molar-refractivity contribution in [2.24, 2.45) is 12.5 Å². The minimum Gasteiger partial charge on any atom is -0.457 e. The van der Waals surface area contributed by atoms with Gasteiger partial charge in [0.25, 0.3) is 0 Å². The van der Waals surface area contributed by atoms with Gasteiger partial charge in [-0.1, -0.05) is 12.8 Å². The molecule has 1 heterocycles. The summed E-state index contributed by atoms with van der Waals surface area (Å²) in [4.78, 5) is 12.2. The summed E-state index contributed by atoms with van der Waals surface area (Å²) in [5.74, 6) is -0.267. The summed E-state index contributed by atoms with van der Waals surface area (Å²) in [5.41, 5.74) is 0.586. The lowest BCUT2D eigenvalue weighted by atomic mass is 9.62. The summed E-state index contributed by atoms with van der Waals surface area (Å²) in [6.45, 7) is 2.76. The molecular formula is C15H22N2O3. The van der Waals surface area contributed by atoms with Gasteiger partial charge in [-0.25, -0.2) is 4.79 Å². The summed E-state index contributed by atoms with van der Waals surface area (Å²) in [7, 11) is 1.76. The third-order valence-corrected chi connectivity index (χ3v) is 4.89. The molecule has 0 unspecified atom stereocenters. The Kier molecular flexibility index (Phi) is 3.54. The SMILES string of the molecule is CCO[C@H]1C[C@H](OC(=O)c2ccnn2C)C12CCCC2. The van der Waals surface area contributed by atoms with E-state index in [-0.39, 0.29) is 23.6 Å². The van der Waals surface area contributed by atoms with Crippen LogP contribution in [0.1, 0.15) is 49.5 Å². The largest absolute Gasteiger partial charge is 0.457 e. The Morgan fingerprint density at radius 3 is 2.80 bits per heavy atom. The Bertz CT molecular complexity index is 491. The van der Waals surface area contributed by atoms with Gasteiger partial charge in [-0.2, -0.15) is 5.10 Å². The fraction of sp³-hybridized carbons (Fsp3) is 0.733. The molecule has 2 fully saturated rings. The predicted molar refractivity (Wildman–Crippen MR) is 73.3 cm³/mol. The van der Waals surface area contributed by atoms with Crippen molar-refractivity contribution in [3.63, 3.8) is 0 Å². The zero-order valence-electron chi connectivity index (χ0n) is 12.2. The monoisotopic (exact) mass is 278 g/mol. The maximum absolute atomic E-state index is 12.2. The van der Waals surface area contributed by atoms with E-state index in [1.54, 1.807) is 24.0 Å². The van der Waals surface area contributed by atoms with Crippen molar-refractivity contribution in [3.05, 3.63) is 18.0 Å². The van der Waals surface area contributed by atoms with Gasteiger partial charge < -0.3 is 9.47 Å². The van der Waals surface area contributed by atoms with E-state index in [1.165, 1.54) is 12.8 Å². The van der Waals surface area contributed by atoms with E-state index >= 15 is 0 Å². The molecule has 0 radical (unpaired) electrons. The van der Waals surface area contributed by atoms with Crippen LogP contribution in [-0.2, 0) is 16.5 Å². The topological polar surface area (TPSA) is 53.4 Å². The molecule has 2 atom stereocenters. The molecule has 1 aromatic rings. The third kappa shape index (κ3) is 2.04. The number of carbonyl (C=O) groups is 1. The lowest BCUT2D eigenvalue weighted by molar-refractivity contribution is -0.189. The molecule has 2 aliphatic rings. The Balaban J connectivity index is 1.69. The number of hydrogen-bond acceptors (Lipinski definition) is 4. The second-order valence-corrected chi connectivity index (χ2v) is 5.85. The summed E-state index contributed by atoms with van der Waals surface area (Å²) in [5, 5.41) is 4.01. The van der Waals surface area contributed by atoms with Crippen molar-refractivity contribution in [3.8, 4) is 0 Å². The smallest absolute Gasteiger partial charge is 0.356 e. The molecule has 1 aromatic heterocycles. The molecule has 3 rings (SSSR count). The highest BCUT2D eigenvalue weighted by atomic mass is 16.6. The van der Waals surface area contributed by atoms with Gasteiger partial charge in [0, 0.05) is 31.7 Å². The molecule has 0 saturated heterocycles. The number of ether oxygens (including phenoxy) is 2. The maximum atomic E-state index is 12.2. The van der Waals surface area contributed by atoms with Crippen LogP contribution in [0.2, 0.25) is 0 Å². The molecule has 2 aliphatic carbocycles. The van der Waals surface area contributed by atoms with Crippen LogP contribution in [0, 0.1) is 5.41 Å². The Morgan fingerprint density at radius 1 is 1.45 bits per heavy atom. The van der Waals surface area contributed by atoms with Crippen molar-refractivity contribution in [1.82, 2.24) is 9.78 Å². The number of carbonyl (C=O) groups excluding carboxylic acids is 1. The van der Waals surface area contributed by atoms with Crippen LogP contribution < -0.4 is 0 Å². The fourth-order valence-electron chi connectivity index (χ4n) is 3.75. The number of hydrogen-bond donors (Lipinski definition) is 0. The van der Waals surface area contributed by atoms with Crippen LogP contribution in [0.15, 0.2) is 12.3 Å². The second kappa shape index (κ2) is 5.20. The molecule has 0 aromatic carbocycles. The van der Waals surface area contributed by atoms with E-state index in [1.807, 2.05) is 6.92 Å². The van der Waals surface area contributed by atoms with Crippen molar-refractivity contribution >= 4 is 5.97 Å². The number of aromatic nitrogens is 2. The molecule has 5 nitrogen and oxygen atoms in total. The lowest BCUT2D eigenvalue weighted by Crippen LogP contribution is -2.58. The first kappa shape index (κ1) is 13.6. The van der Waals surface area contributed by atoms with Gasteiger partial charge in [-0.05, 0) is 25.8 Å². The van der Waals surface area contributed by atoms with Crippen molar-refractivity contribution < 1.29 is 14.3 Å². The van der Waals surface area contributed by atoms with Crippen LogP contribution in [0.3, 0.4) is 0 Å². The van der Waals surface area contributed by atoms with Crippen LogP contribution in [0.5, 0.6) is 0 Å². The zero-order chi connectivity index (χ0) is 14.2. The average molecular weight is 278 g/mol. The van der Waals surface area contributed by atoms with Crippen LogP contribution in [-0.4, -0.2) is 34.6 Å². The Hall–Kier alpha value is -1.36. The van der Waals surface area contributed by atoms with E-state index in [0.717, 1.165) is 25.9 Å².